The van der Waals surface area contributed by atoms with E-state index in [0.717, 1.165) is 0 Å². The Balaban J connectivity index is 3.75. The molecule has 0 aromatic heterocycles. The predicted molar refractivity (Wildman–Crippen MR) is 45.9 cm³/mol. The Labute approximate surface area is 81.4 Å². The van der Waals surface area contributed by atoms with Crippen LogP contribution in [0.15, 0.2) is 0 Å². The molecule has 0 heterocycles. The van der Waals surface area contributed by atoms with E-state index in [4.69, 9.17) is 0 Å². The Hall–Kier alpha value is -0.580. The zero-order valence-corrected chi connectivity index (χ0v) is 8.52. The molecule has 0 radical (unpaired) electrons. The first-order chi connectivity index (χ1) is 6.24. The second-order valence-corrected chi connectivity index (χ2v) is 3.59. The number of ether oxygens (including phenoxy) is 1. The summed E-state index contributed by atoms with van der Waals surface area (Å²) in [5.74, 6) is -0.719. The maximum Gasteiger partial charge on any atom is 0.411 e. The van der Waals surface area contributed by atoms with Gasteiger partial charge in [-0.1, -0.05) is 20.8 Å². The average molecular weight is 212 g/mol. The molecule has 0 spiro atoms. The van der Waals surface area contributed by atoms with Crippen molar-refractivity contribution in [1.82, 2.24) is 0 Å². The van der Waals surface area contributed by atoms with Gasteiger partial charge in [0, 0.05) is 11.8 Å². The SMILES string of the molecule is CC(C)C(=O)C(C)COCC(F)(F)F. The second kappa shape index (κ2) is 5.34. The van der Waals surface area contributed by atoms with Crippen LogP contribution in [0.2, 0.25) is 0 Å². The van der Waals surface area contributed by atoms with Gasteiger partial charge in [0.25, 0.3) is 0 Å². The van der Waals surface area contributed by atoms with E-state index in [1.54, 1.807) is 20.8 Å². The third kappa shape index (κ3) is 5.96. The van der Waals surface area contributed by atoms with Gasteiger partial charge in [0.15, 0.2) is 0 Å². The lowest BCUT2D eigenvalue weighted by Gasteiger charge is -2.14. The van der Waals surface area contributed by atoms with Gasteiger partial charge in [-0.05, 0) is 0 Å². The molecule has 0 fully saturated rings. The first-order valence-electron chi connectivity index (χ1n) is 4.42. The zero-order chi connectivity index (χ0) is 11.4. The van der Waals surface area contributed by atoms with Gasteiger partial charge in [-0.25, -0.2) is 0 Å². The van der Waals surface area contributed by atoms with Gasteiger partial charge in [-0.15, -0.1) is 0 Å². The highest BCUT2D eigenvalue weighted by Gasteiger charge is 2.28. The van der Waals surface area contributed by atoms with E-state index in [9.17, 15) is 18.0 Å². The number of carbonyl (C=O) groups is 1. The molecule has 1 atom stereocenters. The van der Waals surface area contributed by atoms with Crippen LogP contribution >= 0.6 is 0 Å². The van der Waals surface area contributed by atoms with Crippen LogP contribution in [0.25, 0.3) is 0 Å². The third-order valence-electron chi connectivity index (χ3n) is 1.69. The summed E-state index contributed by atoms with van der Waals surface area (Å²) in [4.78, 5) is 11.2. The van der Waals surface area contributed by atoms with Crippen molar-refractivity contribution in [2.24, 2.45) is 11.8 Å². The number of hydrogen-bond donors (Lipinski definition) is 0. The monoisotopic (exact) mass is 212 g/mol. The van der Waals surface area contributed by atoms with E-state index < -0.39 is 18.7 Å². The minimum atomic E-state index is -4.32. The lowest BCUT2D eigenvalue weighted by molar-refractivity contribution is -0.177. The smallest absolute Gasteiger partial charge is 0.371 e. The number of ketones is 1. The van der Waals surface area contributed by atoms with Crippen LogP contribution in [0.1, 0.15) is 20.8 Å². The standard InChI is InChI=1S/C9H15F3O2/c1-6(2)8(13)7(3)4-14-5-9(10,11)12/h6-7H,4-5H2,1-3H3. The average Bonchev–Trinajstić information content (AvgIpc) is 2.00. The molecule has 5 heteroatoms. The van der Waals surface area contributed by atoms with Crippen molar-refractivity contribution in [2.75, 3.05) is 13.2 Å². The first-order valence-corrected chi connectivity index (χ1v) is 4.42. The van der Waals surface area contributed by atoms with Gasteiger partial charge < -0.3 is 4.74 Å². The summed E-state index contributed by atoms with van der Waals surface area (Å²) in [7, 11) is 0. The van der Waals surface area contributed by atoms with E-state index in [1.807, 2.05) is 0 Å². The molecule has 84 valence electrons. The van der Waals surface area contributed by atoms with Gasteiger partial charge in [0.05, 0.1) is 6.61 Å². The molecule has 0 aliphatic heterocycles. The van der Waals surface area contributed by atoms with E-state index >= 15 is 0 Å². The summed E-state index contributed by atoms with van der Waals surface area (Å²) < 4.78 is 39.4. The largest absolute Gasteiger partial charge is 0.411 e. The maximum absolute atomic E-state index is 11.7. The highest BCUT2D eigenvalue weighted by atomic mass is 19.4. The Morgan fingerprint density at radius 1 is 1.29 bits per heavy atom. The normalized spacial score (nSPS) is 14.5. The van der Waals surface area contributed by atoms with E-state index in [1.165, 1.54) is 0 Å². The summed E-state index contributed by atoms with van der Waals surface area (Å²) in [6.45, 7) is 3.53. The van der Waals surface area contributed by atoms with E-state index in [0.29, 0.717) is 0 Å². The van der Waals surface area contributed by atoms with Crippen LogP contribution in [0.3, 0.4) is 0 Å². The van der Waals surface area contributed by atoms with E-state index in [-0.39, 0.29) is 18.3 Å². The molecule has 1 unspecified atom stereocenters. The molecule has 0 saturated carbocycles. The molecule has 0 N–H and O–H groups in total. The van der Waals surface area contributed by atoms with Crippen molar-refractivity contribution in [1.29, 1.82) is 0 Å². The lowest BCUT2D eigenvalue weighted by atomic mass is 9.98. The molecule has 0 aromatic carbocycles. The molecule has 14 heavy (non-hydrogen) atoms. The molecule has 0 aliphatic rings. The van der Waals surface area contributed by atoms with Crippen molar-refractivity contribution in [2.45, 2.75) is 26.9 Å². The molecular formula is C9H15F3O2. The molecule has 0 aromatic rings. The van der Waals surface area contributed by atoms with E-state index in [2.05, 4.69) is 4.74 Å². The van der Waals surface area contributed by atoms with Gasteiger partial charge in [0.1, 0.15) is 12.4 Å². The van der Waals surface area contributed by atoms with Crippen LogP contribution in [0, 0.1) is 11.8 Å². The fourth-order valence-electron chi connectivity index (χ4n) is 1.00. The molecule has 0 amide bonds. The van der Waals surface area contributed by atoms with Crippen molar-refractivity contribution < 1.29 is 22.7 Å². The third-order valence-corrected chi connectivity index (χ3v) is 1.69. The number of rotatable bonds is 5. The zero-order valence-electron chi connectivity index (χ0n) is 8.52. The topological polar surface area (TPSA) is 26.3 Å². The number of carbonyl (C=O) groups excluding carboxylic acids is 1. The lowest BCUT2D eigenvalue weighted by Crippen LogP contribution is -2.25. The number of hydrogen-bond acceptors (Lipinski definition) is 2. The molecule has 0 rings (SSSR count). The Kier molecular flexibility index (Phi) is 5.12. The van der Waals surface area contributed by atoms with Gasteiger partial charge >= 0.3 is 6.18 Å². The van der Waals surface area contributed by atoms with Gasteiger partial charge in [-0.3, -0.25) is 4.79 Å². The predicted octanol–water partition coefficient (Wildman–Crippen LogP) is 2.43. The number of halogens is 3. The molecular weight excluding hydrogens is 197 g/mol. The minimum absolute atomic E-state index is 0.0767. The first kappa shape index (κ1) is 13.4. The fraction of sp³-hybridized carbons (Fsp3) is 0.889. The maximum atomic E-state index is 11.7. The summed E-state index contributed by atoms with van der Waals surface area (Å²) in [6.07, 6.45) is -4.32. The molecule has 0 aliphatic carbocycles. The van der Waals surface area contributed by atoms with Crippen LogP contribution in [0.5, 0.6) is 0 Å². The van der Waals surface area contributed by atoms with Crippen LogP contribution in [-0.4, -0.2) is 25.2 Å². The van der Waals surface area contributed by atoms with Crippen LogP contribution in [0.4, 0.5) is 13.2 Å². The second-order valence-electron chi connectivity index (χ2n) is 3.59. The Morgan fingerprint density at radius 2 is 1.79 bits per heavy atom. The van der Waals surface area contributed by atoms with Crippen molar-refractivity contribution >= 4 is 5.78 Å². The van der Waals surface area contributed by atoms with Crippen LogP contribution in [-0.2, 0) is 9.53 Å². The minimum Gasteiger partial charge on any atom is -0.371 e. The van der Waals surface area contributed by atoms with Crippen LogP contribution < -0.4 is 0 Å². The fourth-order valence-corrected chi connectivity index (χ4v) is 1.00. The highest BCUT2D eigenvalue weighted by Crippen LogP contribution is 2.15. The molecule has 0 saturated heterocycles. The quantitative estimate of drug-likeness (QED) is 0.699. The Morgan fingerprint density at radius 3 is 2.14 bits per heavy atom. The summed E-state index contributed by atoms with van der Waals surface area (Å²) in [6, 6.07) is 0. The summed E-state index contributed by atoms with van der Waals surface area (Å²) in [5, 5.41) is 0. The summed E-state index contributed by atoms with van der Waals surface area (Å²) in [5.41, 5.74) is 0. The van der Waals surface area contributed by atoms with Gasteiger partial charge in [0.2, 0.25) is 0 Å². The summed E-state index contributed by atoms with van der Waals surface area (Å²) >= 11 is 0. The van der Waals surface area contributed by atoms with Gasteiger partial charge in [-0.2, -0.15) is 13.2 Å². The molecule has 0 bridgehead atoms. The molecule has 2 nitrogen and oxygen atoms in total. The van der Waals surface area contributed by atoms with Crippen molar-refractivity contribution in [3.8, 4) is 0 Å². The number of alkyl halides is 3. The Bertz CT molecular complexity index is 187. The van der Waals surface area contributed by atoms with Crippen molar-refractivity contribution in [3.05, 3.63) is 0 Å². The highest BCUT2D eigenvalue weighted by molar-refractivity contribution is 5.82. The van der Waals surface area contributed by atoms with Crippen molar-refractivity contribution in [3.63, 3.8) is 0 Å². The number of Topliss-reactive ketones (excluding diaryl/α,β-unsaturated/α-hetero) is 1.